The van der Waals surface area contributed by atoms with Crippen LogP contribution in [0.25, 0.3) is 0 Å². The van der Waals surface area contributed by atoms with Crippen LogP contribution in [0, 0.1) is 11.8 Å². The van der Waals surface area contributed by atoms with E-state index in [9.17, 15) is 9.67 Å². The molecule has 0 radical (unpaired) electrons. The van der Waals surface area contributed by atoms with Crippen molar-refractivity contribution in [3.05, 3.63) is 47.7 Å². The van der Waals surface area contributed by atoms with Crippen molar-refractivity contribution < 1.29 is 23.5 Å². The van der Waals surface area contributed by atoms with Crippen LogP contribution in [-0.4, -0.2) is 25.4 Å². The van der Waals surface area contributed by atoms with Gasteiger partial charge in [-0.05, 0) is 29.7 Å². The highest BCUT2D eigenvalue weighted by molar-refractivity contribution is 7.57. The Labute approximate surface area is 156 Å². The summed E-state index contributed by atoms with van der Waals surface area (Å²) in [6.07, 6.45) is 2.79. The Balaban J connectivity index is 2.25. The van der Waals surface area contributed by atoms with Gasteiger partial charge in [-0.25, -0.2) is 0 Å². The summed E-state index contributed by atoms with van der Waals surface area (Å²) in [5.41, 5.74) is 1.13. The molecular weight excluding hydrogens is 351 g/mol. The molecule has 0 aromatic heterocycles. The van der Waals surface area contributed by atoms with E-state index >= 15 is 0 Å². The lowest BCUT2D eigenvalue weighted by molar-refractivity contribution is -0.0505. The molecule has 0 amide bonds. The van der Waals surface area contributed by atoms with E-state index < -0.39 is 13.5 Å². The lowest BCUT2D eigenvalue weighted by Gasteiger charge is -2.44. The predicted molar refractivity (Wildman–Crippen MR) is 103 cm³/mol. The van der Waals surface area contributed by atoms with Gasteiger partial charge in [0.15, 0.2) is 0 Å². The molecule has 3 atom stereocenters. The Morgan fingerprint density at radius 2 is 1.81 bits per heavy atom. The topological polar surface area (TPSA) is 65.0 Å². The highest BCUT2D eigenvalue weighted by atomic mass is 31.2. The van der Waals surface area contributed by atoms with Crippen molar-refractivity contribution in [1.82, 2.24) is 0 Å². The maximum atomic E-state index is 12.2. The zero-order chi connectivity index (χ0) is 19.4. The number of rotatable bonds is 7. The summed E-state index contributed by atoms with van der Waals surface area (Å²) in [7, 11) is -0.924. The highest BCUT2D eigenvalue weighted by Gasteiger charge is 2.41. The summed E-state index contributed by atoms with van der Waals surface area (Å²) < 4.78 is 27.8. The second-order valence-corrected chi connectivity index (χ2v) is 9.71. The molecule has 1 aliphatic rings. The Bertz CT molecular complexity index is 647. The van der Waals surface area contributed by atoms with Crippen molar-refractivity contribution in [2.24, 2.45) is 11.8 Å². The van der Waals surface area contributed by atoms with Gasteiger partial charge in [0.1, 0.15) is 11.9 Å². The molecule has 1 saturated carbocycles. The van der Waals surface area contributed by atoms with Crippen LogP contribution in [0.2, 0.25) is 0 Å². The van der Waals surface area contributed by atoms with Gasteiger partial charge in [0.05, 0.1) is 0 Å². The van der Waals surface area contributed by atoms with Crippen molar-refractivity contribution in [1.29, 1.82) is 0 Å². The van der Waals surface area contributed by atoms with Crippen LogP contribution in [0.3, 0.4) is 0 Å². The molecule has 6 heteroatoms. The molecule has 5 nitrogen and oxygen atoms in total. The van der Waals surface area contributed by atoms with Gasteiger partial charge < -0.3 is 18.9 Å². The third-order valence-corrected chi connectivity index (χ3v) is 7.10. The minimum absolute atomic E-state index is 0.113. The summed E-state index contributed by atoms with van der Waals surface area (Å²) in [5, 5.41) is 10.2. The fraction of sp³-hybridized carbons (Fsp3) is 0.600. The molecule has 146 valence electrons. The van der Waals surface area contributed by atoms with Gasteiger partial charge in [0, 0.05) is 20.1 Å². The molecule has 1 fully saturated rings. The van der Waals surface area contributed by atoms with E-state index in [0.29, 0.717) is 5.92 Å². The van der Waals surface area contributed by atoms with E-state index in [1.54, 1.807) is 0 Å². The van der Waals surface area contributed by atoms with Crippen molar-refractivity contribution in [2.45, 2.75) is 51.6 Å². The Morgan fingerprint density at radius 1 is 1.19 bits per heavy atom. The molecule has 0 bridgehead atoms. The number of hydrogen-bond acceptors (Lipinski definition) is 5. The van der Waals surface area contributed by atoms with Crippen molar-refractivity contribution in [3.63, 3.8) is 0 Å². The van der Waals surface area contributed by atoms with Gasteiger partial charge in [0.2, 0.25) is 0 Å². The van der Waals surface area contributed by atoms with Gasteiger partial charge in [-0.15, -0.1) is 0 Å². The Morgan fingerprint density at radius 3 is 2.38 bits per heavy atom. The van der Waals surface area contributed by atoms with E-state index in [1.165, 1.54) is 19.8 Å². The van der Waals surface area contributed by atoms with Crippen LogP contribution < -0.4 is 0 Å². The summed E-state index contributed by atoms with van der Waals surface area (Å²) in [6, 6.07) is 10.4. The minimum atomic E-state index is -3.48. The third kappa shape index (κ3) is 4.91. The summed E-state index contributed by atoms with van der Waals surface area (Å²) in [5.74, 6) is 1.37. The molecule has 2 rings (SSSR count). The zero-order valence-corrected chi connectivity index (χ0v) is 17.2. The van der Waals surface area contributed by atoms with E-state index in [4.69, 9.17) is 13.8 Å². The van der Waals surface area contributed by atoms with Crippen LogP contribution in [0.5, 0.6) is 0 Å². The lowest BCUT2D eigenvalue weighted by Crippen LogP contribution is -2.42. The quantitative estimate of drug-likeness (QED) is 0.489. The Kier molecular flexibility index (Phi) is 6.95. The first kappa shape index (κ1) is 21.0. The first-order valence-corrected chi connectivity index (χ1v) is 10.7. The standard InChI is InChI=1S/C20H31O5P/c1-15-11-12-17(20(2,3)16-9-7-6-8-10-16)18(13-15)25-19(21)14-26(22,23-4)24-5/h6-10,14-15,17-18,21H,11-13H2,1-5H3/b19-14+/t15-,17-,18-/m0/s1. The van der Waals surface area contributed by atoms with Gasteiger partial charge in [-0.1, -0.05) is 57.5 Å². The van der Waals surface area contributed by atoms with Crippen LogP contribution >= 0.6 is 7.60 Å². The zero-order valence-electron chi connectivity index (χ0n) is 16.3. The monoisotopic (exact) mass is 382 g/mol. The van der Waals surface area contributed by atoms with Gasteiger partial charge >= 0.3 is 7.60 Å². The third-order valence-electron chi connectivity index (χ3n) is 5.55. The number of aliphatic hydroxyl groups is 1. The SMILES string of the molecule is COP(=O)(/C=C(\O)O[C@H]1C[C@@H](C)CC[C@@H]1C(C)(C)c1ccccc1)OC. The molecule has 0 spiro atoms. The van der Waals surface area contributed by atoms with Gasteiger partial charge in [-0.2, -0.15) is 0 Å². The molecule has 0 unspecified atom stereocenters. The van der Waals surface area contributed by atoms with Crippen LogP contribution in [0.1, 0.15) is 45.6 Å². The maximum Gasteiger partial charge on any atom is 0.360 e. The molecule has 1 aromatic rings. The predicted octanol–water partition coefficient (Wildman–Crippen LogP) is 5.63. The van der Waals surface area contributed by atoms with Crippen LogP contribution in [0.4, 0.5) is 0 Å². The first-order chi connectivity index (χ1) is 12.2. The molecule has 26 heavy (non-hydrogen) atoms. The van der Waals surface area contributed by atoms with Crippen molar-refractivity contribution in [2.75, 3.05) is 14.2 Å². The second-order valence-electron chi connectivity index (χ2n) is 7.64. The second kappa shape index (κ2) is 8.60. The number of ether oxygens (including phenoxy) is 1. The largest absolute Gasteiger partial charge is 0.481 e. The van der Waals surface area contributed by atoms with E-state index in [1.807, 2.05) is 18.2 Å². The normalized spacial score (nSPS) is 25.1. The number of hydrogen-bond donors (Lipinski definition) is 1. The molecular formula is C20H31O5P. The van der Waals surface area contributed by atoms with E-state index in [0.717, 1.165) is 25.1 Å². The maximum absolute atomic E-state index is 12.2. The van der Waals surface area contributed by atoms with E-state index in [2.05, 4.69) is 32.9 Å². The van der Waals surface area contributed by atoms with Gasteiger partial charge in [-0.3, -0.25) is 4.57 Å². The van der Waals surface area contributed by atoms with E-state index in [-0.39, 0.29) is 17.4 Å². The molecule has 0 aliphatic heterocycles. The van der Waals surface area contributed by atoms with Crippen LogP contribution in [-0.2, 0) is 23.8 Å². The summed E-state index contributed by atoms with van der Waals surface area (Å²) in [6.45, 7) is 6.63. The van der Waals surface area contributed by atoms with Gasteiger partial charge in [0.25, 0.3) is 5.95 Å². The number of aliphatic hydroxyl groups excluding tert-OH is 1. The number of benzene rings is 1. The lowest BCUT2D eigenvalue weighted by atomic mass is 9.64. The smallest absolute Gasteiger partial charge is 0.360 e. The molecule has 1 aromatic carbocycles. The van der Waals surface area contributed by atoms with Crippen molar-refractivity contribution >= 4 is 7.60 Å². The molecule has 0 heterocycles. The molecule has 1 aliphatic carbocycles. The summed E-state index contributed by atoms with van der Waals surface area (Å²) in [4.78, 5) is 0. The molecule has 0 saturated heterocycles. The Hall–Kier alpha value is -1.29. The highest BCUT2D eigenvalue weighted by Crippen LogP contribution is 2.49. The van der Waals surface area contributed by atoms with Crippen LogP contribution in [0.15, 0.2) is 42.1 Å². The van der Waals surface area contributed by atoms with Crippen molar-refractivity contribution in [3.8, 4) is 0 Å². The fourth-order valence-corrected chi connectivity index (χ4v) is 4.56. The summed E-state index contributed by atoms with van der Waals surface area (Å²) >= 11 is 0. The average molecular weight is 382 g/mol. The fourth-order valence-electron chi connectivity index (χ4n) is 3.87. The minimum Gasteiger partial charge on any atom is -0.481 e. The molecule has 1 N–H and O–H groups in total. The first-order valence-electron chi connectivity index (χ1n) is 9.07. The average Bonchev–Trinajstić information content (AvgIpc) is 2.62.